The van der Waals surface area contributed by atoms with Crippen LogP contribution in [-0.4, -0.2) is 44.4 Å². The summed E-state index contributed by atoms with van der Waals surface area (Å²) in [6, 6.07) is 0. The van der Waals surface area contributed by atoms with Gasteiger partial charge in [-0.25, -0.2) is 9.59 Å². The highest BCUT2D eigenvalue weighted by molar-refractivity contribution is 5.86. The maximum atomic E-state index is 12.2. The fourth-order valence-electron chi connectivity index (χ4n) is 1.84. The molecular formula is C19H31NO6. The van der Waals surface area contributed by atoms with E-state index in [1.807, 2.05) is 40.7 Å². The van der Waals surface area contributed by atoms with Gasteiger partial charge in [-0.15, -0.1) is 0 Å². The number of carbonyl (C=O) groups is 3. The van der Waals surface area contributed by atoms with E-state index in [0.29, 0.717) is 0 Å². The van der Waals surface area contributed by atoms with Crippen LogP contribution in [0.15, 0.2) is 23.8 Å². The smallest absolute Gasteiger partial charge is 0.407 e. The zero-order valence-electron chi connectivity index (χ0n) is 16.6. The largest absolute Gasteiger partial charge is 0.462 e. The number of alkyl carbamates (subject to hydrolysis) is 1. The van der Waals surface area contributed by atoms with Crippen LogP contribution in [0.4, 0.5) is 4.79 Å². The molecule has 0 bridgehead atoms. The van der Waals surface area contributed by atoms with Crippen LogP contribution in [0.3, 0.4) is 0 Å². The Kier molecular flexibility index (Phi) is 10.3. The van der Waals surface area contributed by atoms with Gasteiger partial charge in [0.25, 0.3) is 0 Å². The first-order valence-electron chi connectivity index (χ1n) is 8.50. The average Bonchev–Trinajstić information content (AvgIpc) is 2.51. The molecule has 0 aliphatic carbocycles. The van der Waals surface area contributed by atoms with Gasteiger partial charge in [0, 0.05) is 5.57 Å². The minimum atomic E-state index is -0.677. The van der Waals surface area contributed by atoms with E-state index in [1.165, 1.54) is 6.92 Å². The Morgan fingerprint density at radius 1 is 1.00 bits per heavy atom. The van der Waals surface area contributed by atoms with Crippen molar-refractivity contribution in [3.63, 3.8) is 0 Å². The second-order valence-corrected chi connectivity index (χ2v) is 7.23. The summed E-state index contributed by atoms with van der Waals surface area (Å²) in [5, 5.41) is 2.42. The lowest BCUT2D eigenvalue weighted by molar-refractivity contribution is -0.151. The van der Waals surface area contributed by atoms with Gasteiger partial charge in [0.15, 0.2) is 0 Å². The van der Waals surface area contributed by atoms with Gasteiger partial charge in [0.1, 0.15) is 19.8 Å². The van der Waals surface area contributed by atoms with Crippen molar-refractivity contribution in [3.8, 4) is 0 Å². The highest BCUT2D eigenvalue weighted by atomic mass is 16.6. The standard InChI is InChI=1S/C19H31NO6/c1-13(2)12-15(19(5,6)7)17(22)25-10-11-26-18(23)20-8-9-24-16(21)14(3)4/h12,15H,3,8-11H2,1-2,4-7H3,(H,20,23). The Hall–Kier alpha value is -2.31. The third kappa shape index (κ3) is 10.5. The van der Waals surface area contributed by atoms with Crippen LogP contribution in [0, 0.1) is 11.3 Å². The first-order valence-corrected chi connectivity index (χ1v) is 8.50. The quantitative estimate of drug-likeness (QED) is 0.221. The number of ether oxygens (including phenoxy) is 3. The molecule has 0 rings (SSSR count). The van der Waals surface area contributed by atoms with Crippen molar-refractivity contribution in [2.45, 2.75) is 41.5 Å². The van der Waals surface area contributed by atoms with E-state index in [2.05, 4.69) is 11.9 Å². The van der Waals surface area contributed by atoms with E-state index in [-0.39, 0.29) is 49.2 Å². The van der Waals surface area contributed by atoms with Crippen LogP contribution < -0.4 is 5.32 Å². The fraction of sp³-hybridized carbons (Fsp3) is 0.632. The summed E-state index contributed by atoms with van der Waals surface area (Å²) in [5.74, 6) is -1.24. The number of nitrogens with one attached hydrogen (secondary N) is 1. The summed E-state index contributed by atoms with van der Waals surface area (Å²) < 4.78 is 14.9. The Morgan fingerprint density at radius 3 is 2.08 bits per heavy atom. The van der Waals surface area contributed by atoms with E-state index < -0.39 is 12.1 Å². The van der Waals surface area contributed by atoms with Crippen molar-refractivity contribution in [2.75, 3.05) is 26.4 Å². The second kappa shape index (κ2) is 11.3. The van der Waals surface area contributed by atoms with E-state index in [1.54, 1.807) is 0 Å². The molecular weight excluding hydrogens is 338 g/mol. The van der Waals surface area contributed by atoms with Gasteiger partial charge in [-0.2, -0.15) is 0 Å². The normalized spacial score (nSPS) is 11.8. The van der Waals surface area contributed by atoms with E-state index >= 15 is 0 Å². The number of amides is 1. The van der Waals surface area contributed by atoms with Crippen LogP contribution in [0.2, 0.25) is 0 Å². The van der Waals surface area contributed by atoms with Crippen LogP contribution in [0.1, 0.15) is 41.5 Å². The SMILES string of the molecule is C=C(C)C(=O)OCCNC(=O)OCCOC(=O)C(C=C(C)C)C(C)(C)C. The molecule has 7 nitrogen and oxygen atoms in total. The molecule has 0 spiro atoms. The molecule has 1 amide bonds. The topological polar surface area (TPSA) is 90.9 Å². The van der Waals surface area contributed by atoms with E-state index in [9.17, 15) is 14.4 Å². The van der Waals surface area contributed by atoms with Crippen LogP contribution in [0.5, 0.6) is 0 Å². The summed E-state index contributed by atoms with van der Waals surface area (Å²) in [6.45, 7) is 14.8. The van der Waals surface area contributed by atoms with Gasteiger partial charge in [-0.3, -0.25) is 4.79 Å². The lowest BCUT2D eigenvalue weighted by Gasteiger charge is -2.26. The molecule has 0 saturated carbocycles. The number of allylic oxidation sites excluding steroid dienone is 1. The van der Waals surface area contributed by atoms with Gasteiger partial charge in [-0.05, 0) is 26.2 Å². The molecule has 0 aromatic rings. The maximum Gasteiger partial charge on any atom is 0.407 e. The Bertz CT molecular complexity index is 541. The molecule has 0 aromatic heterocycles. The molecule has 7 heteroatoms. The van der Waals surface area contributed by atoms with Gasteiger partial charge in [-0.1, -0.05) is 39.0 Å². The minimum Gasteiger partial charge on any atom is -0.462 e. The molecule has 26 heavy (non-hydrogen) atoms. The fourth-order valence-corrected chi connectivity index (χ4v) is 1.84. The molecule has 0 saturated heterocycles. The highest BCUT2D eigenvalue weighted by Gasteiger charge is 2.30. The monoisotopic (exact) mass is 369 g/mol. The molecule has 0 aliphatic heterocycles. The van der Waals surface area contributed by atoms with Crippen molar-refractivity contribution >= 4 is 18.0 Å². The molecule has 0 aliphatic rings. The third-order valence-electron chi connectivity index (χ3n) is 3.20. The second-order valence-electron chi connectivity index (χ2n) is 7.23. The van der Waals surface area contributed by atoms with Gasteiger partial charge in [0.2, 0.25) is 0 Å². The molecule has 1 unspecified atom stereocenters. The van der Waals surface area contributed by atoms with E-state index in [4.69, 9.17) is 14.2 Å². The van der Waals surface area contributed by atoms with Crippen LogP contribution >= 0.6 is 0 Å². The Morgan fingerprint density at radius 2 is 1.58 bits per heavy atom. The summed E-state index contributed by atoms with van der Waals surface area (Å²) in [5.41, 5.74) is 1.05. The number of hydrogen-bond donors (Lipinski definition) is 1. The predicted molar refractivity (Wildman–Crippen MR) is 98.5 cm³/mol. The summed E-state index contributed by atoms with van der Waals surface area (Å²) in [6.07, 6.45) is 1.20. The lowest BCUT2D eigenvalue weighted by atomic mass is 9.80. The molecule has 0 aromatic carbocycles. The summed E-state index contributed by atoms with van der Waals surface area (Å²) in [7, 11) is 0. The number of esters is 2. The lowest BCUT2D eigenvalue weighted by Crippen LogP contribution is -2.31. The maximum absolute atomic E-state index is 12.2. The summed E-state index contributed by atoms with van der Waals surface area (Å²) in [4.78, 5) is 34.8. The summed E-state index contributed by atoms with van der Waals surface area (Å²) >= 11 is 0. The molecule has 1 atom stereocenters. The van der Waals surface area contributed by atoms with Crippen molar-refractivity contribution in [2.24, 2.45) is 11.3 Å². The van der Waals surface area contributed by atoms with Gasteiger partial charge in [0.05, 0.1) is 12.5 Å². The van der Waals surface area contributed by atoms with E-state index in [0.717, 1.165) is 5.57 Å². The molecule has 148 valence electrons. The van der Waals surface area contributed by atoms with Gasteiger partial charge >= 0.3 is 18.0 Å². The first-order chi connectivity index (χ1) is 11.9. The third-order valence-corrected chi connectivity index (χ3v) is 3.20. The molecule has 0 heterocycles. The van der Waals surface area contributed by atoms with Crippen LogP contribution in [0.25, 0.3) is 0 Å². The van der Waals surface area contributed by atoms with Crippen LogP contribution in [-0.2, 0) is 23.8 Å². The van der Waals surface area contributed by atoms with Crippen molar-refractivity contribution in [1.29, 1.82) is 0 Å². The average molecular weight is 369 g/mol. The minimum absolute atomic E-state index is 0.0196. The Balaban J connectivity index is 4.08. The predicted octanol–water partition coefficient (Wildman–Crippen LogP) is 3.00. The molecule has 0 radical (unpaired) electrons. The number of rotatable bonds is 9. The molecule has 1 N–H and O–H groups in total. The van der Waals surface area contributed by atoms with Crippen molar-refractivity contribution in [3.05, 3.63) is 23.8 Å². The first kappa shape index (κ1) is 23.7. The zero-order chi connectivity index (χ0) is 20.3. The van der Waals surface area contributed by atoms with Crippen molar-refractivity contribution in [1.82, 2.24) is 5.32 Å². The van der Waals surface area contributed by atoms with Crippen molar-refractivity contribution < 1.29 is 28.6 Å². The van der Waals surface area contributed by atoms with Gasteiger partial charge < -0.3 is 19.5 Å². The highest BCUT2D eigenvalue weighted by Crippen LogP contribution is 2.29. The zero-order valence-corrected chi connectivity index (χ0v) is 16.6. The number of carbonyl (C=O) groups excluding carboxylic acids is 3. The molecule has 0 fully saturated rings. The number of hydrogen-bond acceptors (Lipinski definition) is 6. The Labute approximate surface area is 155 Å².